The van der Waals surface area contributed by atoms with E-state index in [-0.39, 0.29) is 0 Å². The summed E-state index contributed by atoms with van der Waals surface area (Å²) in [5.74, 6) is 0.907. The van der Waals surface area contributed by atoms with Crippen LogP contribution in [-0.4, -0.2) is 24.4 Å². The topological polar surface area (TPSA) is 55.5 Å². The predicted molar refractivity (Wildman–Crippen MR) is 61.0 cm³/mol. The van der Waals surface area contributed by atoms with Gasteiger partial charge in [0, 0.05) is 13.0 Å². The maximum atomic E-state index is 9.26. The Labute approximate surface area is 90.9 Å². The molecule has 0 fully saturated rings. The highest BCUT2D eigenvalue weighted by molar-refractivity contribution is 5.33. The van der Waals surface area contributed by atoms with Crippen molar-refractivity contribution in [3.05, 3.63) is 29.8 Å². The predicted octanol–water partition coefficient (Wildman–Crippen LogP) is 1.34. The molecule has 1 rings (SSSR count). The number of hydrogen-bond acceptors (Lipinski definition) is 3. The van der Waals surface area contributed by atoms with Crippen molar-refractivity contribution < 1.29 is 9.84 Å². The van der Waals surface area contributed by atoms with Crippen molar-refractivity contribution in [2.75, 3.05) is 13.2 Å². The van der Waals surface area contributed by atoms with Crippen LogP contribution in [0.1, 0.15) is 18.9 Å². The summed E-state index contributed by atoms with van der Waals surface area (Å²) in [6.45, 7) is 2.89. The molecule has 0 aliphatic carbocycles. The number of rotatable bonds is 6. The van der Waals surface area contributed by atoms with Crippen LogP contribution >= 0.6 is 0 Å². The molecular weight excluding hydrogens is 190 g/mol. The standard InChI is InChI=1S/C12H19NO2/c1-2-10-5-3-4-6-12(10)15-8-7-11(14)9-13/h3-6,11,14H,2,7-9,13H2,1H3. The lowest BCUT2D eigenvalue weighted by Gasteiger charge is -2.12. The van der Waals surface area contributed by atoms with Gasteiger partial charge >= 0.3 is 0 Å². The summed E-state index contributed by atoms with van der Waals surface area (Å²) in [4.78, 5) is 0. The van der Waals surface area contributed by atoms with E-state index in [1.165, 1.54) is 5.56 Å². The molecule has 0 aromatic heterocycles. The van der Waals surface area contributed by atoms with Gasteiger partial charge in [0.25, 0.3) is 0 Å². The SMILES string of the molecule is CCc1ccccc1OCCC(O)CN. The van der Waals surface area contributed by atoms with Crippen LogP contribution in [0.2, 0.25) is 0 Å². The van der Waals surface area contributed by atoms with Crippen molar-refractivity contribution in [1.82, 2.24) is 0 Å². The zero-order valence-electron chi connectivity index (χ0n) is 9.15. The molecule has 3 heteroatoms. The van der Waals surface area contributed by atoms with Gasteiger partial charge in [0.2, 0.25) is 0 Å². The Bertz CT molecular complexity index is 289. The zero-order chi connectivity index (χ0) is 11.1. The lowest BCUT2D eigenvalue weighted by Crippen LogP contribution is -2.22. The van der Waals surface area contributed by atoms with Gasteiger partial charge in [0.15, 0.2) is 0 Å². The van der Waals surface area contributed by atoms with Crippen molar-refractivity contribution in [3.63, 3.8) is 0 Å². The molecule has 0 aliphatic heterocycles. The lowest BCUT2D eigenvalue weighted by atomic mass is 10.1. The first kappa shape index (κ1) is 12.0. The van der Waals surface area contributed by atoms with Gasteiger partial charge in [-0.15, -0.1) is 0 Å². The first-order chi connectivity index (χ1) is 7.27. The number of aliphatic hydroxyl groups is 1. The fourth-order valence-corrected chi connectivity index (χ4v) is 1.36. The molecule has 3 N–H and O–H groups in total. The lowest BCUT2D eigenvalue weighted by molar-refractivity contribution is 0.146. The van der Waals surface area contributed by atoms with Gasteiger partial charge in [-0.1, -0.05) is 25.1 Å². The molecule has 0 saturated heterocycles. The van der Waals surface area contributed by atoms with Crippen LogP contribution in [-0.2, 0) is 6.42 Å². The van der Waals surface area contributed by atoms with E-state index >= 15 is 0 Å². The summed E-state index contributed by atoms with van der Waals surface area (Å²) in [6, 6.07) is 7.95. The van der Waals surface area contributed by atoms with E-state index in [9.17, 15) is 5.11 Å². The molecule has 0 radical (unpaired) electrons. The van der Waals surface area contributed by atoms with E-state index in [1.807, 2.05) is 18.2 Å². The Morgan fingerprint density at radius 1 is 1.40 bits per heavy atom. The van der Waals surface area contributed by atoms with Gasteiger partial charge in [-0.3, -0.25) is 0 Å². The maximum absolute atomic E-state index is 9.26. The Morgan fingerprint density at radius 2 is 2.13 bits per heavy atom. The molecule has 0 saturated carbocycles. The minimum absolute atomic E-state index is 0.290. The molecule has 1 atom stereocenters. The quantitative estimate of drug-likeness (QED) is 0.743. The highest BCUT2D eigenvalue weighted by Crippen LogP contribution is 2.18. The van der Waals surface area contributed by atoms with Crippen molar-refractivity contribution in [1.29, 1.82) is 0 Å². The Morgan fingerprint density at radius 3 is 2.80 bits per heavy atom. The summed E-state index contributed by atoms with van der Waals surface area (Å²) in [5, 5.41) is 9.26. The molecule has 15 heavy (non-hydrogen) atoms. The Kier molecular flexibility index (Phi) is 5.15. The smallest absolute Gasteiger partial charge is 0.122 e. The number of benzene rings is 1. The van der Waals surface area contributed by atoms with E-state index in [0.29, 0.717) is 19.6 Å². The van der Waals surface area contributed by atoms with E-state index in [1.54, 1.807) is 0 Å². The van der Waals surface area contributed by atoms with Gasteiger partial charge in [0.1, 0.15) is 5.75 Å². The molecule has 1 aromatic rings. The summed E-state index contributed by atoms with van der Waals surface area (Å²) in [7, 11) is 0. The van der Waals surface area contributed by atoms with Crippen LogP contribution in [0.5, 0.6) is 5.75 Å². The van der Waals surface area contributed by atoms with Crippen LogP contribution in [0.3, 0.4) is 0 Å². The minimum Gasteiger partial charge on any atom is -0.493 e. The van der Waals surface area contributed by atoms with E-state index in [0.717, 1.165) is 12.2 Å². The van der Waals surface area contributed by atoms with Gasteiger partial charge in [-0.05, 0) is 18.1 Å². The first-order valence-electron chi connectivity index (χ1n) is 5.36. The number of nitrogens with two attached hydrogens (primary N) is 1. The third-order valence-corrected chi connectivity index (χ3v) is 2.33. The molecule has 84 valence electrons. The third-order valence-electron chi connectivity index (χ3n) is 2.33. The summed E-state index contributed by atoms with van der Waals surface area (Å²) < 4.78 is 5.58. The fraction of sp³-hybridized carbons (Fsp3) is 0.500. The van der Waals surface area contributed by atoms with Gasteiger partial charge in [-0.25, -0.2) is 0 Å². The van der Waals surface area contributed by atoms with Gasteiger partial charge in [-0.2, -0.15) is 0 Å². The first-order valence-corrected chi connectivity index (χ1v) is 5.36. The van der Waals surface area contributed by atoms with Crippen LogP contribution in [0.15, 0.2) is 24.3 Å². The zero-order valence-corrected chi connectivity index (χ0v) is 9.15. The van der Waals surface area contributed by atoms with Crippen molar-refractivity contribution >= 4 is 0 Å². The normalized spacial score (nSPS) is 12.5. The third kappa shape index (κ3) is 3.90. The highest BCUT2D eigenvalue weighted by Gasteiger charge is 2.03. The molecule has 0 amide bonds. The summed E-state index contributed by atoms with van der Waals surface area (Å²) >= 11 is 0. The second kappa shape index (κ2) is 6.43. The van der Waals surface area contributed by atoms with Crippen molar-refractivity contribution in [2.24, 2.45) is 5.73 Å². The molecular formula is C12H19NO2. The van der Waals surface area contributed by atoms with E-state index < -0.39 is 6.10 Å². The second-order valence-electron chi connectivity index (χ2n) is 3.49. The number of ether oxygens (including phenoxy) is 1. The molecule has 1 aromatic carbocycles. The minimum atomic E-state index is -0.459. The van der Waals surface area contributed by atoms with Gasteiger partial charge in [0.05, 0.1) is 12.7 Å². The molecule has 0 heterocycles. The monoisotopic (exact) mass is 209 g/mol. The molecule has 1 unspecified atom stereocenters. The average molecular weight is 209 g/mol. The Hall–Kier alpha value is -1.06. The molecule has 0 aliphatic rings. The number of para-hydroxylation sites is 1. The van der Waals surface area contributed by atoms with Crippen LogP contribution in [0.25, 0.3) is 0 Å². The Balaban J connectivity index is 2.43. The van der Waals surface area contributed by atoms with Crippen LogP contribution in [0.4, 0.5) is 0 Å². The number of aryl methyl sites for hydroxylation is 1. The summed E-state index contributed by atoms with van der Waals surface area (Å²) in [5.41, 5.74) is 6.50. The van der Waals surface area contributed by atoms with Gasteiger partial charge < -0.3 is 15.6 Å². The highest BCUT2D eigenvalue weighted by atomic mass is 16.5. The van der Waals surface area contributed by atoms with Crippen LogP contribution < -0.4 is 10.5 Å². The number of hydrogen-bond donors (Lipinski definition) is 2. The van der Waals surface area contributed by atoms with Crippen molar-refractivity contribution in [3.8, 4) is 5.75 Å². The molecule has 3 nitrogen and oxygen atoms in total. The largest absolute Gasteiger partial charge is 0.493 e. The number of aliphatic hydroxyl groups excluding tert-OH is 1. The van der Waals surface area contributed by atoms with Crippen LogP contribution in [0, 0.1) is 0 Å². The summed E-state index contributed by atoms with van der Waals surface area (Å²) in [6.07, 6.45) is 1.07. The maximum Gasteiger partial charge on any atom is 0.122 e. The average Bonchev–Trinajstić information content (AvgIpc) is 2.29. The van der Waals surface area contributed by atoms with E-state index in [2.05, 4.69) is 13.0 Å². The van der Waals surface area contributed by atoms with E-state index in [4.69, 9.17) is 10.5 Å². The molecule has 0 spiro atoms. The fourth-order valence-electron chi connectivity index (χ4n) is 1.36. The second-order valence-corrected chi connectivity index (χ2v) is 3.49. The molecule has 0 bridgehead atoms. The van der Waals surface area contributed by atoms with Crippen molar-refractivity contribution in [2.45, 2.75) is 25.9 Å².